The number of pyridine rings is 1. The molecule has 33 heavy (non-hydrogen) atoms. The molecule has 9 heteroatoms. The zero-order valence-electron chi connectivity index (χ0n) is 18.8. The number of imidazole rings is 1. The van der Waals surface area contributed by atoms with Crippen LogP contribution in [0.3, 0.4) is 0 Å². The standard InChI is InChI=1S/C24H25N7OS/c1-4-31(20(32)11-15-7-5-6-14(2)10-15)13-19-28-21-22(30(19)3)23-17(27-24(21)25)12-18(33-23)16-8-9-26-29-16/h5-10,12H,4,11,13H2,1-3H3,(H2,25,27)(H,26,29). The molecule has 5 aromatic rings. The number of aromatic nitrogens is 5. The second kappa shape index (κ2) is 8.32. The molecule has 1 amide bonds. The van der Waals surface area contributed by atoms with Gasteiger partial charge in [0, 0.05) is 19.8 Å². The van der Waals surface area contributed by atoms with Gasteiger partial charge in [0.1, 0.15) is 11.3 Å². The summed E-state index contributed by atoms with van der Waals surface area (Å²) in [6.45, 7) is 5.03. The molecule has 0 atom stereocenters. The molecular formula is C24H25N7OS. The first-order valence-electron chi connectivity index (χ1n) is 10.8. The van der Waals surface area contributed by atoms with Gasteiger partial charge in [0.05, 0.1) is 39.3 Å². The summed E-state index contributed by atoms with van der Waals surface area (Å²) in [5.41, 5.74) is 11.8. The van der Waals surface area contributed by atoms with E-state index in [1.165, 1.54) is 0 Å². The van der Waals surface area contributed by atoms with Crippen LogP contribution in [0.4, 0.5) is 5.82 Å². The van der Waals surface area contributed by atoms with Crippen LogP contribution in [-0.2, 0) is 24.8 Å². The fraction of sp³-hybridized carbons (Fsp3) is 0.250. The predicted octanol–water partition coefficient (Wildman–Crippen LogP) is 4.05. The van der Waals surface area contributed by atoms with Crippen molar-refractivity contribution in [2.45, 2.75) is 26.8 Å². The lowest BCUT2D eigenvalue weighted by Gasteiger charge is -2.20. The van der Waals surface area contributed by atoms with Gasteiger partial charge in [-0.3, -0.25) is 9.89 Å². The average Bonchev–Trinajstić information content (AvgIpc) is 3.51. The Balaban J connectivity index is 1.50. The van der Waals surface area contributed by atoms with Gasteiger partial charge in [0.15, 0.2) is 5.82 Å². The monoisotopic (exact) mass is 459 g/mol. The fourth-order valence-electron chi connectivity index (χ4n) is 4.12. The molecule has 0 unspecified atom stereocenters. The van der Waals surface area contributed by atoms with Crippen molar-refractivity contribution >= 4 is 44.3 Å². The summed E-state index contributed by atoms with van der Waals surface area (Å²) in [6.07, 6.45) is 2.10. The Morgan fingerprint density at radius 1 is 1.24 bits per heavy atom. The number of anilines is 1. The highest BCUT2D eigenvalue weighted by molar-refractivity contribution is 7.23. The molecule has 5 rings (SSSR count). The number of thiophene rings is 1. The van der Waals surface area contributed by atoms with Gasteiger partial charge in [-0.05, 0) is 31.5 Å². The summed E-state index contributed by atoms with van der Waals surface area (Å²) in [4.78, 5) is 25.3. The Bertz CT molecular complexity index is 1470. The van der Waals surface area contributed by atoms with E-state index in [1.54, 1.807) is 17.5 Å². The molecular weight excluding hydrogens is 434 g/mol. The largest absolute Gasteiger partial charge is 0.382 e. The van der Waals surface area contributed by atoms with Crippen molar-refractivity contribution in [1.82, 2.24) is 29.6 Å². The fourth-order valence-corrected chi connectivity index (χ4v) is 5.28. The minimum atomic E-state index is 0.0732. The van der Waals surface area contributed by atoms with Gasteiger partial charge in [0.25, 0.3) is 0 Å². The molecule has 0 spiro atoms. The molecule has 0 fully saturated rings. The van der Waals surface area contributed by atoms with Gasteiger partial charge in [-0.1, -0.05) is 29.8 Å². The lowest BCUT2D eigenvalue weighted by molar-refractivity contribution is -0.131. The van der Waals surface area contributed by atoms with Crippen LogP contribution in [0.5, 0.6) is 0 Å². The number of hydrogen-bond donors (Lipinski definition) is 2. The molecule has 0 aliphatic rings. The number of nitrogens with one attached hydrogen (secondary N) is 1. The molecule has 4 heterocycles. The number of fused-ring (bicyclic) bond motifs is 3. The molecule has 4 aromatic heterocycles. The summed E-state index contributed by atoms with van der Waals surface area (Å²) < 4.78 is 3.05. The van der Waals surface area contributed by atoms with E-state index in [2.05, 4.69) is 21.2 Å². The van der Waals surface area contributed by atoms with Crippen molar-refractivity contribution in [3.05, 3.63) is 59.5 Å². The maximum Gasteiger partial charge on any atom is 0.227 e. The van der Waals surface area contributed by atoms with Crippen molar-refractivity contribution in [3.63, 3.8) is 0 Å². The Labute approximate surface area is 195 Å². The van der Waals surface area contributed by atoms with E-state index in [4.69, 9.17) is 10.7 Å². The number of carbonyl (C=O) groups excluding carboxylic acids is 1. The molecule has 168 valence electrons. The minimum absolute atomic E-state index is 0.0732. The summed E-state index contributed by atoms with van der Waals surface area (Å²) >= 11 is 1.62. The topological polar surface area (TPSA) is 106 Å². The van der Waals surface area contributed by atoms with Gasteiger partial charge < -0.3 is 15.2 Å². The third-order valence-electron chi connectivity index (χ3n) is 5.87. The number of benzene rings is 1. The van der Waals surface area contributed by atoms with Crippen molar-refractivity contribution in [1.29, 1.82) is 0 Å². The van der Waals surface area contributed by atoms with Gasteiger partial charge in [-0.25, -0.2) is 9.97 Å². The Morgan fingerprint density at radius 2 is 2.09 bits per heavy atom. The lowest BCUT2D eigenvalue weighted by Crippen LogP contribution is -2.32. The minimum Gasteiger partial charge on any atom is -0.382 e. The highest BCUT2D eigenvalue weighted by atomic mass is 32.1. The molecule has 1 aromatic carbocycles. The van der Waals surface area contributed by atoms with Gasteiger partial charge >= 0.3 is 0 Å². The number of likely N-dealkylation sites (N-methyl/N-ethyl adjacent to an activating group) is 1. The summed E-state index contributed by atoms with van der Waals surface area (Å²) in [5.74, 6) is 1.24. The normalized spacial score (nSPS) is 11.5. The summed E-state index contributed by atoms with van der Waals surface area (Å²) in [7, 11) is 1.97. The average molecular weight is 460 g/mol. The van der Waals surface area contributed by atoms with Gasteiger partial charge in [-0.2, -0.15) is 5.10 Å². The second-order valence-electron chi connectivity index (χ2n) is 8.15. The van der Waals surface area contributed by atoms with Gasteiger partial charge in [-0.15, -0.1) is 11.3 Å². The van der Waals surface area contributed by atoms with E-state index in [9.17, 15) is 4.79 Å². The first-order valence-corrected chi connectivity index (χ1v) is 11.6. The van der Waals surface area contributed by atoms with Crippen LogP contribution < -0.4 is 5.73 Å². The number of nitrogen functional groups attached to an aromatic ring is 1. The van der Waals surface area contributed by atoms with E-state index in [0.29, 0.717) is 30.8 Å². The summed E-state index contributed by atoms with van der Waals surface area (Å²) in [6, 6.07) is 12.0. The molecule has 0 aliphatic heterocycles. The van der Waals surface area contributed by atoms with Crippen LogP contribution >= 0.6 is 11.3 Å². The number of hydrogen-bond acceptors (Lipinski definition) is 6. The first kappa shape index (κ1) is 21.1. The van der Waals surface area contributed by atoms with E-state index in [-0.39, 0.29) is 5.91 Å². The zero-order chi connectivity index (χ0) is 23.1. The quantitative estimate of drug-likeness (QED) is 0.398. The van der Waals surface area contributed by atoms with Crippen molar-refractivity contribution in [2.75, 3.05) is 12.3 Å². The number of H-pyrrole nitrogens is 1. The van der Waals surface area contributed by atoms with Crippen LogP contribution in [0.15, 0.2) is 42.6 Å². The van der Waals surface area contributed by atoms with E-state index < -0.39 is 0 Å². The molecule has 0 saturated carbocycles. The maximum atomic E-state index is 13.0. The number of nitrogens with two attached hydrogens (primary N) is 1. The number of aromatic amines is 1. The second-order valence-corrected chi connectivity index (χ2v) is 9.20. The molecule has 3 N–H and O–H groups in total. The Kier molecular flexibility index (Phi) is 5.33. The van der Waals surface area contributed by atoms with E-state index in [1.807, 2.05) is 60.7 Å². The Hall–Kier alpha value is -3.72. The van der Waals surface area contributed by atoms with Crippen LogP contribution in [0, 0.1) is 6.92 Å². The molecule has 0 bridgehead atoms. The molecule has 8 nitrogen and oxygen atoms in total. The SMILES string of the molecule is CCN(Cc1nc2c(N)nc3cc(-c4ccn[nH]4)sc3c2n1C)C(=O)Cc1cccc(C)c1. The molecule has 0 radical (unpaired) electrons. The summed E-state index contributed by atoms with van der Waals surface area (Å²) in [5, 5.41) is 7.05. The van der Waals surface area contributed by atoms with E-state index in [0.717, 1.165) is 43.3 Å². The number of amides is 1. The van der Waals surface area contributed by atoms with Crippen LogP contribution in [0.25, 0.3) is 31.8 Å². The molecule has 0 saturated heterocycles. The Morgan fingerprint density at radius 3 is 2.82 bits per heavy atom. The zero-order valence-corrected chi connectivity index (χ0v) is 19.6. The number of carbonyl (C=O) groups is 1. The van der Waals surface area contributed by atoms with Crippen LogP contribution in [-0.4, -0.2) is 42.1 Å². The van der Waals surface area contributed by atoms with Crippen LogP contribution in [0.2, 0.25) is 0 Å². The predicted molar refractivity (Wildman–Crippen MR) is 132 cm³/mol. The third kappa shape index (κ3) is 3.84. The molecule has 0 aliphatic carbocycles. The number of rotatable bonds is 6. The lowest BCUT2D eigenvalue weighted by atomic mass is 10.1. The number of aryl methyl sites for hydroxylation is 2. The van der Waals surface area contributed by atoms with Crippen molar-refractivity contribution < 1.29 is 4.79 Å². The number of nitrogens with zero attached hydrogens (tertiary/aromatic N) is 5. The highest BCUT2D eigenvalue weighted by Gasteiger charge is 2.21. The third-order valence-corrected chi connectivity index (χ3v) is 7.03. The van der Waals surface area contributed by atoms with Gasteiger partial charge in [0.2, 0.25) is 5.91 Å². The van der Waals surface area contributed by atoms with Crippen molar-refractivity contribution in [3.8, 4) is 10.6 Å². The van der Waals surface area contributed by atoms with Crippen molar-refractivity contribution in [2.24, 2.45) is 7.05 Å². The first-order chi connectivity index (χ1) is 15.9. The van der Waals surface area contributed by atoms with E-state index >= 15 is 0 Å². The highest BCUT2D eigenvalue weighted by Crippen LogP contribution is 2.37. The van der Waals surface area contributed by atoms with Crippen LogP contribution in [0.1, 0.15) is 23.9 Å². The smallest absolute Gasteiger partial charge is 0.227 e. The maximum absolute atomic E-state index is 13.0.